The number of carbonyl (C=O) groups is 2. The van der Waals surface area contributed by atoms with Crippen molar-refractivity contribution in [1.82, 2.24) is 0 Å². The highest BCUT2D eigenvalue weighted by atomic mass is 35.5. The molecule has 28 heavy (non-hydrogen) atoms. The number of methoxy groups -OCH3 is 1. The second kappa shape index (κ2) is 6.61. The molecule has 2 amide bonds. The first-order valence-corrected chi connectivity index (χ1v) is 8.50. The Morgan fingerprint density at radius 2 is 1.96 bits per heavy atom. The molecule has 0 radical (unpaired) electrons. The van der Waals surface area contributed by atoms with Gasteiger partial charge in [0.25, 0.3) is 11.6 Å². The van der Waals surface area contributed by atoms with Crippen LogP contribution in [0, 0.1) is 16.0 Å². The molecule has 2 aliphatic heterocycles. The van der Waals surface area contributed by atoms with E-state index in [4.69, 9.17) is 21.2 Å². The van der Waals surface area contributed by atoms with Crippen LogP contribution in [-0.4, -0.2) is 35.7 Å². The van der Waals surface area contributed by atoms with Gasteiger partial charge in [-0.2, -0.15) is 0 Å². The van der Waals surface area contributed by atoms with E-state index >= 15 is 0 Å². The maximum atomic E-state index is 13.1. The Labute approximate surface area is 163 Å². The van der Waals surface area contributed by atoms with Crippen LogP contribution in [-0.2, 0) is 14.4 Å². The Morgan fingerprint density at radius 1 is 1.21 bits per heavy atom. The molecule has 0 saturated carbocycles. The molecule has 9 nitrogen and oxygen atoms in total. The zero-order valence-corrected chi connectivity index (χ0v) is 15.1. The lowest BCUT2D eigenvalue weighted by Gasteiger charge is -2.18. The molecular formula is C18H12ClN3O6. The van der Waals surface area contributed by atoms with Crippen molar-refractivity contribution in [3.63, 3.8) is 0 Å². The molecule has 2 aromatic rings. The zero-order valence-electron chi connectivity index (χ0n) is 14.4. The summed E-state index contributed by atoms with van der Waals surface area (Å²) < 4.78 is 5.18. The number of carbonyl (C=O) groups excluding carboxylic acids is 2. The molecule has 0 N–H and O–H groups in total. The molecule has 0 unspecified atom stereocenters. The highest BCUT2D eigenvalue weighted by molar-refractivity contribution is 6.38. The lowest BCUT2D eigenvalue weighted by atomic mass is 9.94. The quantitative estimate of drug-likeness (QED) is 0.442. The van der Waals surface area contributed by atoms with Crippen molar-refractivity contribution in [2.45, 2.75) is 6.10 Å². The van der Waals surface area contributed by atoms with Crippen molar-refractivity contribution in [1.29, 1.82) is 0 Å². The van der Waals surface area contributed by atoms with E-state index in [1.54, 1.807) is 24.3 Å². The molecule has 0 bridgehead atoms. The molecule has 10 heteroatoms. The van der Waals surface area contributed by atoms with E-state index in [-0.39, 0.29) is 22.8 Å². The van der Waals surface area contributed by atoms with Gasteiger partial charge in [-0.15, -0.1) is 0 Å². The van der Waals surface area contributed by atoms with Gasteiger partial charge in [-0.25, -0.2) is 4.90 Å². The maximum absolute atomic E-state index is 13.1. The van der Waals surface area contributed by atoms with Gasteiger partial charge in [0.2, 0.25) is 12.0 Å². The Hall–Kier alpha value is -3.46. The largest absolute Gasteiger partial charge is 0.495 e. The topological polar surface area (TPSA) is 111 Å². The van der Waals surface area contributed by atoms with Gasteiger partial charge in [0, 0.05) is 22.7 Å². The van der Waals surface area contributed by atoms with Crippen LogP contribution in [0.5, 0.6) is 5.75 Å². The number of halogens is 1. The molecule has 0 aliphatic carbocycles. The summed E-state index contributed by atoms with van der Waals surface area (Å²) in [5.74, 6) is -2.16. The summed E-state index contributed by atoms with van der Waals surface area (Å²) in [5.41, 5.74) is 0.407. The number of nitrogens with zero attached hydrogens (tertiary/aromatic N) is 3. The number of rotatable bonds is 4. The molecule has 2 aromatic carbocycles. The van der Waals surface area contributed by atoms with Crippen molar-refractivity contribution in [2.24, 2.45) is 11.1 Å². The van der Waals surface area contributed by atoms with Crippen LogP contribution in [0.3, 0.4) is 0 Å². The van der Waals surface area contributed by atoms with Crippen LogP contribution in [0.15, 0.2) is 47.6 Å². The normalized spacial score (nSPS) is 20.6. The molecule has 0 spiro atoms. The number of nitro groups is 1. The van der Waals surface area contributed by atoms with Gasteiger partial charge in [-0.1, -0.05) is 35.0 Å². The lowest BCUT2D eigenvalue weighted by Crippen LogP contribution is -2.33. The van der Waals surface area contributed by atoms with Crippen molar-refractivity contribution in [3.8, 4) is 5.75 Å². The van der Waals surface area contributed by atoms with Crippen molar-refractivity contribution < 1.29 is 24.1 Å². The molecule has 2 heterocycles. The highest BCUT2D eigenvalue weighted by Gasteiger charge is 2.57. The number of oxime groups is 1. The second-order valence-electron chi connectivity index (χ2n) is 6.09. The monoisotopic (exact) mass is 401 g/mol. The maximum Gasteiger partial charge on any atom is 0.279 e. The number of imide groups is 1. The van der Waals surface area contributed by atoms with Crippen molar-refractivity contribution in [2.75, 3.05) is 12.0 Å². The van der Waals surface area contributed by atoms with E-state index in [1.165, 1.54) is 19.2 Å². The SMILES string of the molecule is COc1ccc([N+](=O)[O-])cc1N1C(=O)[C@@H]2C(c3ccccc3Cl)=NO[C@@H]2C1=O. The number of benzene rings is 2. The highest BCUT2D eigenvalue weighted by Crippen LogP contribution is 2.40. The third kappa shape index (κ3) is 2.59. The first-order chi connectivity index (χ1) is 13.4. The molecule has 142 valence electrons. The zero-order chi connectivity index (χ0) is 20.0. The minimum atomic E-state index is -1.16. The summed E-state index contributed by atoms with van der Waals surface area (Å²) >= 11 is 6.19. The molecule has 4 rings (SSSR count). The average Bonchev–Trinajstić information content (AvgIpc) is 3.22. The Kier molecular flexibility index (Phi) is 4.23. The molecular weight excluding hydrogens is 390 g/mol. The van der Waals surface area contributed by atoms with E-state index in [2.05, 4.69) is 5.16 Å². The van der Waals surface area contributed by atoms with Gasteiger partial charge in [0.05, 0.1) is 12.0 Å². The summed E-state index contributed by atoms with van der Waals surface area (Å²) in [5, 5.41) is 15.4. The Morgan fingerprint density at radius 3 is 2.64 bits per heavy atom. The molecule has 1 fully saturated rings. The molecule has 0 aromatic heterocycles. The van der Waals surface area contributed by atoms with E-state index in [9.17, 15) is 19.7 Å². The first kappa shape index (κ1) is 17.9. The number of hydrogen-bond donors (Lipinski definition) is 0. The number of amides is 2. The second-order valence-corrected chi connectivity index (χ2v) is 6.49. The number of hydrogen-bond acceptors (Lipinski definition) is 7. The van der Waals surface area contributed by atoms with Crippen molar-refractivity contribution >= 4 is 40.5 Å². The van der Waals surface area contributed by atoms with Gasteiger partial charge >= 0.3 is 0 Å². The number of non-ortho nitro benzene ring substituents is 1. The van der Waals surface area contributed by atoms with Gasteiger partial charge in [-0.3, -0.25) is 19.7 Å². The summed E-state index contributed by atoms with van der Waals surface area (Å²) in [6, 6.07) is 10.4. The average molecular weight is 402 g/mol. The van der Waals surface area contributed by atoms with Gasteiger partial charge in [-0.05, 0) is 12.1 Å². The number of ether oxygens (including phenoxy) is 1. The van der Waals surface area contributed by atoms with Gasteiger partial charge < -0.3 is 9.57 Å². The molecule has 2 atom stereocenters. The van der Waals surface area contributed by atoms with Crippen LogP contribution in [0.1, 0.15) is 5.56 Å². The van der Waals surface area contributed by atoms with Crippen LogP contribution < -0.4 is 9.64 Å². The minimum absolute atomic E-state index is 0.0248. The van der Waals surface area contributed by atoms with E-state index in [0.717, 1.165) is 11.0 Å². The van der Waals surface area contributed by atoms with Gasteiger partial charge in [0.15, 0.2) is 0 Å². The summed E-state index contributed by atoms with van der Waals surface area (Å²) in [6.07, 6.45) is -1.16. The molecule has 2 aliphatic rings. The summed E-state index contributed by atoms with van der Waals surface area (Å²) in [7, 11) is 1.34. The number of nitro benzene ring substituents is 1. The third-order valence-electron chi connectivity index (χ3n) is 4.58. The fourth-order valence-corrected chi connectivity index (χ4v) is 3.51. The Bertz CT molecular complexity index is 1050. The number of fused-ring (bicyclic) bond motifs is 1. The minimum Gasteiger partial charge on any atom is -0.495 e. The van der Waals surface area contributed by atoms with Crippen LogP contribution in [0.25, 0.3) is 0 Å². The Balaban J connectivity index is 1.77. The van der Waals surface area contributed by atoms with E-state index < -0.39 is 28.8 Å². The fraction of sp³-hybridized carbons (Fsp3) is 0.167. The molecule has 1 saturated heterocycles. The van der Waals surface area contributed by atoms with Crippen molar-refractivity contribution in [3.05, 3.63) is 63.2 Å². The standard InChI is InChI=1S/C18H12ClN3O6/c1-27-13-7-6-9(22(25)26)8-12(13)21-17(23)14-15(20-28-16(14)18(21)24)10-4-2-3-5-11(10)19/h2-8,14,16H,1H3/t14-,16+/m1/s1. The lowest BCUT2D eigenvalue weighted by molar-refractivity contribution is -0.384. The van der Waals surface area contributed by atoms with Gasteiger partial charge in [0.1, 0.15) is 23.1 Å². The fourth-order valence-electron chi connectivity index (χ4n) is 3.27. The third-order valence-corrected chi connectivity index (χ3v) is 4.91. The predicted octanol–water partition coefficient (Wildman–Crippen LogP) is 2.55. The van der Waals surface area contributed by atoms with E-state index in [0.29, 0.717) is 10.6 Å². The summed E-state index contributed by atoms with van der Waals surface area (Å²) in [6.45, 7) is 0. The van der Waals surface area contributed by atoms with Crippen LogP contribution in [0.4, 0.5) is 11.4 Å². The smallest absolute Gasteiger partial charge is 0.279 e. The first-order valence-electron chi connectivity index (χ1n) is 8.13. The summed E-state index contributed by atoms with van der Waals surface area (Å²) in [4.78, 5) is 42.5. The van der Waals surface area contributed by atoms with Crippen LogP contribution >= 0.6 is 11.6 Å². The van der Waals surface area contributed by atoms with E-state index in [1.807, 2.05) is 0 Å². The van der Waals surface area contributed by atoms with Crippen LogP contribution in [0.2, 0.25) is 5.02 Å². The predicted molar refractivity (Wildman–Crippen MR) is 98.5 cm³/mol. The number of anilines is 1.